The van der Waals surface area contributed by atoms with Gasteiger partial charge in [-0.2, -0.15) is 0 Å². The number of rotatable bonds is 3. The molecule has 0 saturated carbocycles. The molecule has 0 unspecified atom stereocenters. The summed E-state index contributed by atoms with van der Waals surface area (Å²) in [4.78, 5) is 25.9. The lowest BCUT2D eigenvalue weighted by Gasteiger charge is -2.18. The molecule has 0 spiro atoms. The Morgan fingerprint density at radius 1 is 1.06 bits per heavy atom. The Labute approximate surface area is 187 Å². The molecule has 0 N–H and O–H groups in total. The molecule has 2 aromatic carbocycles. The first kappa shape index (κ1) is 21.9. The number of carbonyl (C=O) groups is 1. The van der Waals surface area contributed by atoms with Gasteiger partial charge in [-0.15, -0.1) is 0 Å². The molecular weight excluding hydrogens is 408 g/mol. The highest BCUT2D eigenvalue weighted by Crippen LogP contribution is 2.36. The van der Waals surface area contributed by atoms with Crippen LogP contribution in [0.2, 0.25) is 0 Å². The molecule has 0 aliphatic carbocycles. The summed E-state index contributed by atoms with van der Waals surface area (Å²) < 4.78 is 23.2. The normalized spacial score (nSPS) is 13.7. The van der Waals surface area contributed by atoms with Gasteiger partial charge in [0.25, 0.3) is 0 Å². The fourth-order valence-electron chi connectivity index (χ4n) is 3.66. The molecule has 1 aromatic heterocycles. The maximum Gasteiger partial charge on any atom is 0.316 e. The summed E-state index contributed by atoms with van der Waals surface area (Å²) in [6.07, 6.45) is 1.42. The number of aryl methyl sites for hydroxylation is 2. The second kappa shape index (κ2) is 8.34. The van der Waals surface area contributed by atoms with E-state index in [1.807, 2.05) is 25.1 Å². The first-order chi connectivity index (χ1) is 15.2. The molecule has 6 heteroatoms. The topological polar surface area (TPSA) is 75.0 Å². The molecule has 32 heavy (non-hydrogen) atoms. The van der Waals surface area contributed by atoms with Crippen LogP contribution in [0.25, 0.3) is 22.1 Å². The van der Waals surface area contributed by atoms with Crippen molar-refractivity contribution in [1.29, 1.82) is 0 Å². The Bertz CT molecular complexity index is 1250. The van der Waals surface area contributed by atoms with Gasteiger partial charge in [-0.3, -0.25) is 9.59 Å². The van der Waals surface area contributed by atoms with E-state index in [1.54, 1.807) is 39.8 Å². The van der Waals surface area contributed by atoms with Gasteiger partial charge < -0.3 is 18.6 Å². The van der Waals surface area contributed by atoms with Crippen molar-refractivity contribution in [2.45, 2.75) is 47.5 Å². The van der Waals surface area contributed by atoms with Crippen molar-refractivity contribution in [3.8, 4) is 28.4 Å². The van der Waals surface area contributed by atoms with Crippen molar-refractivity contribution in [1.82, 2.24) is 0 Å². The highest BCUT2D eigenvalue weighted by atomic mass is 16.5. The zero-order valence-electron chi connectivity index (χ0n) is 19.2. The number of benzene rings is 2. The molecule has 1 aliphatic rings. The first-order valence-electron chi connectivity index (χ1n) is 10.9. The molecule has 0 saturated heterocycles. The van der Waals surface area contributed by atoms with E-state index in [0.29, 0.717) is 64.7 Å². The van der Waals surface area contributed by atoms with Gasteiger partial charge >= 0.3 is 5.97 Å². The van der Waals surface area contributed by atoms with E-state index >= 15 is 0 Å². The average Bonchev–Trinajstić information content (AvgIpc) is 2.98. The second-order valence-corrected chi connectivity index (χ2v) is 9.02. The number of hydrogen-bond acceptors (Lipinski definition) is 6. The van der Waals surface area contributed by atoms with E-state index in [1.165, 1.54) is 0 Å². The van der Waals surface area contributed by atoms with Crippen LogP contribution in [-0.2, 0) is 11.2 Å². The quantitative estimate of drug-likeness (QED) is 0.402. The van der Waals surface area contributed by atoms with Crippen molar-refractivity contribution in [3.05, 3.63) is 51.9 Å². The molecule has 1 aliphatic heterocycles. The summed E-state index contributed by atoms with van der Waals surface area (Å²) in [7, 11) is 0. The summed E-state index contributed by atoms with van der Waals surface area (Å²) in [5.41, 5.74) is 1.58. The zero-order chi connectivity index (χ0) is 23.0. The van der Waals surface area contributed by atoms with E-state index in [9.17, 15) is 9.59 Å². The molecule has 6 nitrogen and oxygen atoms in total. The summed E-state index contributed by atoms with van der Waals surface area (Å²) in [5, 5.41) is 0.449. The van der Waals surface area contributed by atoms with Crippen molar-refractivity contribution in [2.75, 3.05) is 13.2 Å². The van der Waals surface area contributed by atoms with Gasteiger partial charge in [0.2, 0.25) is 5.43 Å². The van der Waals surface area contributed by atoms with Crippen LogP contribution in [0.15, 0.2) is 39.5 Å². The van der Waals surface area contributed by atoms with Crippen LogP contribution in [0.4, 0.5) is 0 Å². The molecule has 4 rings (SSSR count). The molecule has 0 bridgehead atoms. The van der Waals surface area contributed by atoms with E-state index in [-0.39, 0.29) is 11.4 Å². The smallest absolute Gasteiger partial charge is 0.316 e. The predicted octanol–water partition coefficient (Wildman–Crippen LogP) is 5.44. The number of ether oxygens (including phenoxy) is 3. The molecular formula is C26H28O6. The number of fused-ring (bicyclic) bond motifs is 2. The van der Waals surface area contributed by atoms with Gasteiger partial charge in [0.15, 0.2) is 11.5 Å². The van der Waals surface area contributed by atoms with Crippen molar-refractivity contribution in [3.63, 3.8) is 0 Å². The molecule has 0 amide bonds. The molecule has 2 heterocycles. The summed E-state index contributed by atoms with van der Waals surface area (Å²) >= 11 is 0. The third kappa shape index (κ3) is 4.09. The number of esters is 1. The molecule has 0 radical (unpaired) electrons. The number of carbonyl (C=O) groups excluding carboxylic acids is 1. The Morgan fingerprint density at radius 3 is 2.47 bits per heavy atom. The summed E-state index contributed by atoms with van der Waals surface area (Å²) in [6, 6.07) is 8.90. The molecule has 0 fully saturated rings. The average molecular weight is 437 g/mol. The molecule has 168 valence electrons. The Balaban J connectivity index is 1.83. The molecule has 0 atom stereocenters. The van der Waals surface area contributed by atoms with Crippen LogP contribution >= 0.6 is 0 Å². The van der Waals surface area contributed by atoms with Crippen molar-refractivity contribution in [2.24, 2.45) is 5.41 Å². The van der Waals surface area contributed by atoms with Gasteiger partial charge in [-0.05, 0) is 63.4 Å². The standard InChI is InChI=1S/C26H28O6/c1-6-16-12-18-21(14-20(16)32-25(28)26(3,4)5)31-15(2)23(24(18)27)17-8-9-19-22(13-17)30-11-7-10-29-19/h8-9,12-14H,6-7,10-11H2,1-5H3. The Kier molecular flexibility index (Phi) is 5.71. The van der Waals surface area contributed by atoms with E-state index in [2.05, 4.69) is 0 Å². The molecule has 3 aromatic rings. The van der Waals surface area contributed by atoms with Gasteiger partial charge in [0.05, 0.1) is 29.6 Å². The largest absolute Gasteiger partial charge is 0.490 e. The Hall–Kier alpha value is -3.28. The first-order valence-corrected chi connectivity index (χ1v) is 10.9. The van der Waals surface area contributed by atoms with Gasteiger partial charge in [0, 0.05) is 12.5 Å². The van der Waals surface area contributed by atoms with Gasteiger partial charge in [0.1, 0.15) is 17.1 Å². The minimum absolute atomic E-state index is 0.137. The van der Waals surface area contributed by atoms with Crippen LogP contribution in [0.1, 0.15) is 45.4 Å². The number of hydrogen-bond donors (Lipinski definition) is 0. The van der Waals surface area contributed by atoms with Crippen molar-refractivity contribution < 1.29 is 23.4 Å². The van der Waals surface area contributed by atoms with E-state index < -0.39 is 5.41 Å². The lowest BCUT2D eigenvalue weighted by Crippen LogP contribution is -2.26. The van der Waals surface area contributed by atoms with Gasteiger partial charge in [-0.25, -0.2) is 0 Å². The second-order valence-electron chi connectivity index (χ2n) is 9.02. The highest BCUT2D eigenvalue weighted by Gasteiger charge is 2.25. The fourth-order valence-corrected chi connectivity index (χ4v) is 3.66. The van der Waals surface area contributed by atoms with E-state index in [0.717, 1.165) is 12.0 Å². The summed E-state index contributed by atoms with van der Waals surface area (Å²) in [5.74, 6) is 1.86. The maximum atomic E-state index is 13.5. The van der Waals surface area contributed by atoms with Crippen molar-refractivity contribution >= 4 is 16.9 Å². The lowest BCUT2D eigenvalue weighted by molar-refractivity contribution is -0.143. The van der Waals surface area contributed by atoms with Crippen LogP contribution in [0.5, 0.6) is 17.2 Å². The lowest BCUT2D eigenvalue weighted by atomic mass is 9.97. The third-order valence-electron chi connectivity index (χ3n) is 5.48. The van der Waals surface area contributed by atoms with Crippen LogP contribution in [0, 0.1) is 12.3 Å². The van der Waals surface area contributed by atoms with Crippen LogP contribution in [0.3, 0.4) is 0 Å². The van der Waals surface area contributed by atoms with Crippen LogP contribution < -0.4 is 19.6 Å². The summed E-state index contributed by atoms with van der Waals surface area (Å²) in [6.45, 7) is 10.3. The maximum absolute atomic E-state index is 13.5. The highest BCUT2D eigenvalue weighted by molar-refractivity contribution is 5.86. The minimum atomic E-state index is -0.641. The predicted molar refractivity (Wildman–Crippen MR) is 123 cm³/mol. The van der Waals surface area contributed by atoms with Crippen LogP contribution in [-0.4, -0.2) is 19.2 Å². The third-order valence-corrected chi connectivity index (χ3v) is 5.48. The fraction of sp³-hybridized carbons (Fsp3) is 0.385. The monoisotopic (exact) mass is 436 g/mol. The zero-order valence-corrected chi connectivity index (χ0v) is 19.2. The SMILES string of the molecule is CCc1cc2c(=O)c(-c3ccc4c(c3)OCCCO4)c(C)oc2cc1OC(=O)C(C)(C)C. The Morgan fingerprint density at radius 2 is 1.78 bits per heavy atom. The van der Waals surface area contributed by atoms with Gasteiger partial charge in [-0.1, -0.05) is 13.0 Å². The van der Waals surface area contributed by atoms with E-state index in [4.69, 9.17) is 18.6 Å². The minimum Gasteiger partial charge on any atom is -0.490 e.